The molecule has 1 aromatic heterocycles. The summed E-state index contributed by atoms with van der Waals surface area (Å²) >= 11 is 0. The van der Waals surface area contributed by atoms with Crippen LogP contribution in [0.25, 0.3) is 0 Å². The fourth-order valence-corrected chi connectivity index (χ4v) is 3.43. The van der Waals surface area contributed by atoms with E-state index in [2.05, 4.69) is 4.98 Å². The maximum Gasteiger partial charge on any atom is 0.307 e. The van der Waals surface area contributed by atoms with E-state index >= 15 is 0 Å². The number of carboxylic acids is 1. The van der Waals surface area contributed by atoms with Crippen molar-refractivity contribution in [1.29, 1.82) is 0 Å². The first kappa shape index (κ1) is 17.5. The van der Waals surface area contributed by atoms with Gasteiger partial charge in [0.1, 0.15) is 11.6 Å². The highest BCUT2D eigenvalue weighted by atomic mass is 19.1. The number of aromatic nitrogens is 1. The maximum absolute atomic E-state index is 14.5. The van der Waals surface area contributed by atoms with Gasteiger partial charge in [-0.3, -0.25) is 14.7 Å². The molecule has 1 saturated heterocycles. The fourth-order valence-electron chi connectivity index (χ4n) is 3.43. The van der Waals surface area contributed by atoms with Gasteiger partial charge in [0.05, 0.1) is 17.7 Å². The molecule has 0 radical (unpaired) electrons. The number of hydrogen-bond acceptors (Lipinski definition) is 3. The van der Waals surface area contributed by atoms with Gasteiger partial charge in [-0.1, -0.05) is 12.1 Å². The molecule has 1 N–H and O–H groups in total. The highest BCUT2D eigenvalue weighted by molar-refractivity contribution is 5.70. The molecule has 0 amide bonds. The van der Waals surface area contributed by atoms with E-state index in [1.165, 1.54) is 12.1 Å². The molecule has 2 unspecified atom stereocenters. The van der Waals surface area contributed by atoms with Gasteiger partial charge in [-0.2, -0.15) is 0 Å². The summed E-state index contributed by atoms with van der Waals surface area (Å²) in [7, 11) is 0. The minimum Gasteiger partial charge on any atom is -0.481 e. The summed E-state index contributed by atoms with van der Waals surface area (Å²) in [5, 5.41) is 9.35. The first-order valence-corrected chi connectivity index (χ1v) is 8.31. The van der Waals surface area contributed by atoms with E-state index in [0.29, 0.717) is 37.2 Å². The Morgan fingerprint density at radius 1 is 1.32 bits per heavy atom. The maximum atomic E-state index is 14.5. The Kier molecular flexibility index (Phi) is 5.08. The lowest BCUT2D eigenvalue weighted by molar-refractivity contribution is -0.143. The van der Waals surface area contributed by atoms with E-state index in [0.717, 1.165) is 11.8 Å². The average molecular weight is 346 g/mol. The predicted octanol–water partition coefficient (Wildman–Crippen LogP) is 3.55. The highest BCUT2D eigenvalue weighted by Gasteiger charge is 2.33. The SMILES string of the molecule is Cc1cccc(C(c2ccc(F)cc2F)N2CCCC(C(=O)O)C2)n1. The van der Waals surface area contributed by atoms with Gasteiger partial charge >= 0.3 is 5.97 Å². The van der Waals surface area contributed by atoms with Gasteiger partial charge in [0, 0.05) is 23.9 Å². The van der Waals surface area contributed by atoms with Gasteiger partial charge in [0.2, 0.25) is 0 Å². The summed E-state index contributed by atoms with van der Waals surface area (Å²) in [6.45, 7) is 2.80. The molecule has 1 aliphatic heterocycles. The Labute approximate surface area is 145 Å². The standard InChI is InChI=1S/C19H20F2N2O2/c1-12-4-2-6-17(22-12)18(15-8-7-14(20)10-16(15)21)23-9-3-5-13(11-23)19(24)25/h2,4,6-8,10,13,18H,3,5,9,11H2,1H3,(H,24,25). The van der Waals surface area contributed by atoms with Crippen molar-refractivity contribution in [2.45, 2.75) is 25.8 Å². The fraction of sp³-hybridized carbons (Fsp3) is 0.368. The van der Waals surface area contributed by atoms with Crippen LogP contribution in [-0.4, -0.2) is 34.0 Å². The van der Waals surface area contributed by atoms with Crippen LogP contribution in [0.5, 0.6) is 0 Å². The number of nitrogens with zero attached hydrogens (tertiary/aromatic N) is 2. The van der Waals surface area contributed by atoms with Crippen molar-refractivity contribution in [3.05, 3.63) is 65.0 Å². The van der Waals surface area contributed by atoms with E-state index in [4.69, 9.17) is 0 Å². The number of hydrogen-bond donors (Lipinski definition) is 1. The van der Waals surface area contributed by atoms with E-state index in [9.17, 15) is 18.7 Å². The largest absolute Gasteiger partial charge is 0.481 e. The van der Waals surface area contributed by atoms with Gasteiger partial charge in [0.15, 0.2) is 0 Å². The third kappa shape index (κ3) is 3.85. The molecular formula is C19H20F2N2O2. The third-order valence-electron chi connectivity index (χ3n) is 4.61. The minimum absolute atomic E-state index is 0.311. The Hall–Kier alpha value is -2.34. The normalized spacial score (nSPS) is 19.6. The molecule has 6 heteroatoms. The zero-order valence-electron chi connectivity index (χ0n) is 14.0. The Morgan fingerprint density at radius 3 is 2.80 bits per heavy atom. The van der Waals surface area contributed by atoms with Crippen molar-refractivity contribution in [3.63, 3.8) is 0 Å². The van der Waals surface area contributed by atoms with Crippen molar-refractivity contribution >= 4 is 5.97 Å². The number of benzene rings is 1. The van der Waals surface area contributed by atoms with Crippen molar-refractivity contribution in [3.8, 4) is 0 Å². The number of aliphatic carboxylic acids is 1. The average Bonchev–Trinajstić information content (AvgIpc) is 2.57. The summed E-state index contributed by atoms with van der Waals surface area (Å²) in [5.41, 5.74) is 1.74. The van der Waals surface area contributed by atoms with Crippen molar-refractivity contribution in [1.82, 2.24) is 9.88 Å². The third-order valence-corrected chi connectivity index (χ3v) is 4.61. The molecule has 3 rings (SSSR count). The molecule has 2 atom stereocenters. The van der Waals surface area contributed by atoms with Crippen LogP contribution in [0.3, 0.4) is 0 Å². The lowest BCUT2D eigenvalue weighted by atomic mass is 9.93. The zero-order valence-corrected chi connectivity index (χ0v) is 14.0. The molecular weight excluding hydrogens is 326 g/mol. The van der Waals surface area contributed by atoms with E-state index in [1.54, 1.807) is 6.07 Å². The lowest BCUT2D eigenvalue weighted by Gasteiger charge is -2.37. The molecule has 2 heterocycles. The Balaban J connectivity index is 2.04. The first-order chi connectivity index (χ1) is 12.0. The Morgan fingerprint density at radius 2 is 2.12 bits per heavy atom. The molecule has 132 valence electrons. The molecule has 0 saturated carbocycles. The molecule has 2 aromatic rings. The molecule has 0 aliphatic carbocycles. The Bertz CT molecular complexity index is 782. The topological polar surface area (TPSA) is 53.4 Å². The number of halogens is 2. The van der Waals surface area contributed by atoms with Gasteiger partial charge in [-0.25, -0.2) is 8.78 Å². The van der Waals surface area contributed by atoms with Gasteiger partial charge in [-0.05, 0) is 44.5 Å². The quantitative estimate of drug-likeness (QED) is 0.920. The smallest absolute Gasteiger partial charge is 0.307 e. The van der Waals surface area contributed by atoms with Crippen LogP contribution in [0.15, 0.2) is 36.4 Å². The number of carbonyl (C=O) groups is 1. The zero-order chi connectivity index (χ0) is 18.0. The van der Waals surface area contributed by atoms with Gasteiger partial charge < -0.3 is 5.11 Å². The summed E-state index contributed by atoms with van der Waals surface area (Å²) in [6, 6.07) is 8.44. The second-order valence-corrected chi connectivity index (χ2v) is 6.44. The minimum atomic E-state index is -0.847. The second kappa shape index (κ2) is 7.27. The van der Waals surface area contributed by atoms with Crippen molar-refractivity contribution in [2.75, 3.05) is 13.1 Å². The van der Waals surface area contributed by atoms with Gasteiger partial charge in [-0.15, -0.1) is 0 Å². The number of pyridine rings is 1. The lowest BCUT2D eigenvalue weighted by Crippen LogP contribution is -2.41. The van der Waals surface area contributed by atoms with Crippen molar-refractivity contribution < 1.29 is 18.7 Å². The molecule has 1 aromatic carbocycles. The van der Waals surface area contributed by atoms with E-state index in [1.807, 2.05) is 24.0 Å². The summed E-state index contributed by atoms with van der Waals surface area (Å²) in [5.74, 6) is -2.63. The van der Waals surface area contributed by atoms with Crippen LogP contribution < -0.4 is 0 Å². The van der Waals surface area contributed by atoms with Crippen molar-refractivity contribution in [2.24, 2.45) is 5.92 Å². The monoisotopic (exact) mass is 346 g/mol. The summed E-state index contributed by atoms with van der Waals surface area (Å²) in [6.07, 6.45) is 1.31. The second-order valence-electron chi connectivity index (χ2n) is 6.44. The number of likely N-dealkylation sites (tertiary alicyclic amines) is 1. The van der Waals surface area contributed by atoms with Crippen LogP contribution in [0.2, 0.25) is 0 Å². The van der Waals surface area contributed by atoms with Crippen LogP contribution in [0.4, 0.5) is 8.78 Å². The number of rotatable bonds is 4. The summed E-state index contributed by atoms with van der Waals surface area (Å²) < 4.78 is 27.8. The van der Waals surface area contributed by atoms with E-state index < -0.39 is 29.6 Å². The van der Waals surface area contributed by atoms with E-state index in [-0.39, 0.29) is 0 Å². The van der Waals surface area contributed by atoms with Gasteiger partial charge in [0.25, 0.3) is 0 Å². The number of piperidine rings is 1. The molecule has 0 spiro atoms. The molecule has 1 aliphatic rings. The summed E-state index contributed by atoms with van der Waals surface area (Å²) in [4.78, 5) is 17.8. The number of carboxylic acid groups (broad SMARTS) is 1. The highest BCUT2D eigenvalue weighted by Crippen LogP contribution is 2.33. The van der Waals surface area contributed by atoms with Crippen LogP contribution in [0, 0.1) is 24.5 Å². The first-order valence-electron chi connectivity index (χ1n) is 8.31. The predicted molar refractivity (Wildman–Crippen MR) is 89.1 cm³/mol. The molecule has 1 fully saturated rings. The molecule has 4 nitrogen and oxygen atoms in total. The molecule has 25 heavy (non-hydrogen) atoms. The van der Waals surface area contributed by atoms with Crippen LogP contribution in [0.1, 0.15) is 35.8 Å². The van der Waals surface area contributed by atoms with Crippen LogP contribution in [-0.2, 0) is 4.79 Å². The number of aryl methyl sites for hydroxylation is 1. The molecule has 0 bridgehead atoms. The van der Waals surface area contributed by atoms with Crippen LogP contribution >= 0.6 is 0 Å².